The van der Waals surface area contributed by atoms with E-state index in [1.807, 2.05) is 50.6 Å². The molecule has 3 heterocycles. The number of rotatable bonds is 4. The quantitative estimate of drug-likeness (QED) is 0.444. The maximum atomic E-state index is 13.5. The number of aryl methyl sites for hydroxylation is 2. The molecule has 0 saturated carbocycles. The third-order valence-corrected chi connectivity index (χ3v) is 6.81. The number of pyridine rings is 1. The summed E-state index contributed by atoms with van der Waals surface area (Å²) in [5.41, 5.74) is 5.32. The normalized spacial score (nSPS) is 15.8. The Morgan fingerprint density at radius 2 is 1.83 bits per heavy atom. The number of hydrogen-bond acceptors (Lipinski definition) is 5. The van der Waals surface area contributed by atoms with Crippen molar-refractivity contribution in [2.45, 2.75) is 52.6 Å². The first-order chi connectivity index (χ1) is 17.1. The van der Waals surface area contributed by atoms with E-state index in [1.54, 1.807) is 0 Å². The Kier molecular flexibility index (Phi) is 6.08. The zero-order valence-corrected chi connectivity index (χ0v) is 21.3. The lowest BCUT2D eigenvalue weighted by atomic mass is 9.95. The molecule has 5 rings (SSSR count). The van der Waals surface area contributed by atoms with Crippen LogP contribution in [0.2, 0.25) is 0 Å². The Morgan fingerprint density at radius 3 is 2.50 bits per heavy atom. The van der Waals surface area contributed by atoms with E-state index in [9.17, 15) is 9.18 Å². The van der Waals surface area contributed by atoms with E-state index < -0.39 is 6.04 Å². The Morgan fingerprint density at radius 1 is 1.08 bits per heavy atom. The number of aromatic nitrogens is 5. The SMILES string of the molecule is Cc1cc(C)c2[nH]c(=O)c(C(c3nnnn3C(C)(C)C)N3CC=C(c4ccc(F)cc4)CC3)cc2c1. The van der Waals surface area contributed by atoms with E-state index in [0.717, 1.165) is 34.0 Å². The van der Waals surface area contributed by atoms with Crippen molar-refractivity contribution < 1.29 is 4.39 Å². The van der Waals surface area contributed by atoms with Crippen molar-refractivity contribution >= 4 is 16.5 Å². The molecule has 0 amide bonds. The van der Waals surface area contributed by atoms with Crippen molar-refractivity contribution in [1.82, 2.24) is 30.1 Å². The lowest BCUT2D eigenvalue weighted by Crippen LogP contribution is -2.39. The highest BCUT2D eigenvalue weighted by Gasteiger charge is 2.34. The highest BCUT2D eigenvalue weighted by molar-refractivity contribution is 5.83. The van der Waals surface area contributed by atoms with Crippen molar-refractivity contribution in [2.24, 2.45) is 0 Å². The van der Waals surface area contributed by atoms with Gasteiger partial charge in [-0.2, -0.15) is 0 Å². The fraction of sp³-hybridized carbons (Fsp3) is 0.357. The van der Waals surface area contributed by atoms with E-state index >= 15 is 0 Å². The number of fused-ring (bicyclic) bond motifs is 1. The van der Waals surface area contributed by atoms with E-state index in [1.165, 1.54) is 17.7 Å². The molecule has 1 aliphatic heterocycles. The monoisotopic (exact) mass is 486 g/mol. The first-order valence-electron chi connectivity index (χ1n) is 12.2. The van der Waals surface area contributed by atoms with Gasteiger partial charge in [-0.3, -0.25) is 9.69 Å². The van der Waals surface area contributed by atoms with Gasteiger partial charge in [-0.15, -0.1) is 5.10 Å². The van der Waals surface area contributed by atoms with E-state index in [0.29, 0.717) is 24.5 Å². The summed E-state index contributed by atoms with van der Waals surface area (Å²) in [6, 6.07) is 12.3. The van der Waals surface area contributed by atoms with Gasteiger partial charge >= 0.3 is 0 Å². The van der Waals surface area contributed by atoms with Crippen LogP contribution in [0.4, 0.5) is 4.39 Å². The van der Waals surface area contributed by atoms with E-state index in [2.05, 4.69) is 50.5 Å². The molecule has 4 aromatic rings. The molecule has 1 N–H and O–H groups in total. The molecule has 1 unspecified atom stereocenters. The minimum absolute atomic E-state index is 0.142. The summed E-state index contributed by atoms with van der Waals surface area (Å²) in [5, 5.41) is 13.7. The van der Waals surface area contributed by atoms with Crippen LogP contribution in [0.3, 0.4) is 0 Å². The first kappa shape index (κ1) is 24.1. The molecule has 36 heavy (non-hydrogen) atoms. The average molecular weight is 487 g/mol. The van der Waals surface area contributed by atoms with Crippen LogP contribution >= 0.6 is 0 Å². The summed E-state index contributed by atoms with van der Waals surface area (Å²) in [4.78, 5) is 18.9. The van der Waals surface area contributed by atoms with Crippen molar-refractivity contribution in [3.05, 3.63) is 92.8 Å². The minimum Gasteiger partial charge on any atom is -0.321 e. The molecule has 0 aliphatic carbocycles. The van der Waals surface area contributed by atoms with Gasteiger partial charge in [0, 0.05) is 18.7 Å². The molecular weight excluding hydrogens is 455 g/mol. The second-order valence-corrected chi connectivity index (χ2v) is 10.6. The second-order valence-electron chi connectivity index (χ2n) is 10.6. The van der Waals surface area contributed by atoms with Gasteiger partial charge in [0.2, 0.25) is 0 Å². The summed E-state index contributed by atoms with van der Waals surface area (Å²) in [6.07, 6.45) is 2.92. The number of benzene rings is 2. The van der Waals surface area contributed by atoms with Gasteiger partial charge in [-0.1, -0.05) is 29.8 Å². The molecule has 0 fully saturated rings. The van der Waals surface area contributed by atoms with Gasteiger partial charge in [0.1, 0.15) is 11.9 Å². The number of nitrogens with zero attached hydrogens (tertiary/aromatic N) is 5. The summed E-state index contributed by atoms with van der Waals surface area (Å²) in [5.74, 6) is 0.391. The lowest BCUT2D eigenvalue weighted by Gasteiger charge is -2.34. The topological polar surface area (TPSA) is 79.7 Å². The lowest BCUT2D eigenvalue weighted by molar-refractivity contribution is 0.219. The van der Waals surface area contributed by atoms with Crippen LogP contribution < -0.4 is 5.56 Å². The Hall–Kier alpha value is -3.65. The average Bonchev–Trinajstić information content (AvgIpc) is 3.31. The maximum absolute atomic E-state index is 13.5. The number of H-pyrrole nitrogens is 1. The fourth-order valence-corrected chi connectivity index (χ4v) is 5.09. The molecule has 186 valence electrons. The molecule has 7 nitrogen and oxygen atoms in total. The van der Waals surface area contributed by atoms with Gasteiger partial charge < -0.3 is 4.98 Å². The highest BCUT2D eigenvalue weighted by atomic mass is 19.1. The molecule has 0 saturated heterocycles. The van der Waals surface area contributed by atoms with Crippen molar-refractivity contribution in [3.8, 4) is 0 Å². The van der Waals surface area contributed by atoms with Gasteiger partial charge in [0.25, 0.3) is 5.56 Å². The summed E-state index contributed by atoms with van der Waals surface area (Å²) >= 11 is 0. The summed E-state index contributed by atoms with van der Waals surface area (Å²) in [7, 11) is 0. The molecule has 1 aliphatic rings. The van der Waals surface area contributed by atoms with Gasteiger partial charge in [0.05, 0.1) is 11.1 Å². The third kappa shape index (κ3) is 4.48. The summed E-state index contributed by atoms with van der Waals surface area (Å²) < 4.78 is 15.2. The number of tetrazole rings is 1. The molecule has 0 spiro atoms. The largest absolute Gasteiger partial charge is 0.321 e. The zero-order chi connectivity index (χ0) is 25.6. The van der Waals surface area contributed by atoms with Gasteiger partial charge in [-0.05, 0) is 97.8 Å². The van der Waals surface area contributed by atoms with Crippen molar-refractivity contribution in [3.63, 3.8) is 0 Å². The fourth-order valence-electron chi connectivity index (χ4n) is 5.09. The van der Waals surface area contributed by atoms with Crippen LogP contribution in [0, 0.1) is 19.7 Å². The Bertz CT molecular complexity index is 1510. The van der Waals surface area contributed by atoms with E-state index in [-0.39, 0.29) is 16.9 Å². The smallest absolute Gasteiger partial charge is 0.253 e. The number of halogens is 1. The number of hydrogen-bond donors (Lipinski definition) is 1. The zero-order valence-electron chi connectivity index (χ0n) is 21.3. The molecule has 2 aromatic carbocycles. The van der Waals surface area contributed by atoms with Crippen molar-refractivity contribution in [1.29, 1.82) is 0 Å². The first-order valence-corrected chi connectivity index (χ1v) is 12.2. The molecule has 0 radical (unpaired) electrons. The van der Waals surface area contributed by atoms with Crippen LogP contribution in [0.1, 0.15) is 61.3 Å². The van der Waals surface area contributed by atoms with Crippen LogP contribution in [0.25, 0.3) is 16.5 Å². The maximum Gasteiger partial charge on any atom is 0.253 e. The number of aromatic amines is 1. The molecule has 1 atom stereocenters. The Labute approximate surface area is 209 Å². The molecule has 2 aromatic heterocycles. The van der Waals surface area contributed by atoms with Crippen LogP contribution in [0.5, 0.6) is 0 Å². The van der Waals surface area contributed by atoms with Crippen LogP contribution in [0.15, 0.2) is 53.3 Å². The predicted octanol–water partition coefficient (Wildman–Crippen LogP) is 4.90. The van der Waals surface area contributed by atoms with Crippen LogP contribution in [-0.2, 0) is 5.54 Å². The minimum atomic E-state index is -0.431. The second kappa shape index (κ2) is 9.09. The van der Waals surface area contributed by atoms with Crippen molar-refractivity contribution in [2.75, 3.05) is 13.1 Å². The third-order valence-electron chi connectivity index (χ3n) is 6.81. The van der Waals surface area contributed by atoms with Gasteiger partial charge in [-0.25, -0.2) is 9.07 Å². The summed E-state index contributed by atoms with van der Waals surface area (Å²) in [6.45, 7) is 11.5. The van der Waals surface area contributed by atoms with Gasteiger partial charge in [0.15, 0.2) is 5.82 Å². The predicted molar refractivity (Wildman–Crippen MR) is 139 cm³/mol. The standard InChI is InChI=1S/C28H31FN6O/c1-17-14-18(2)24-21(15-17)16-23(27(36)30-24)25(26-31-32-33-35(26)28(3,4)5)34-12-10-20(11-13-34)19-6-8-22(29)9-7-19/h6-10,14-16,25H,11-13H2,1-5H3,(H,30,36). The van der Waals surface area contributed by atoms with Crippen LogP contribution in [-0.4, -0.2) is 43.2 Å². The molecule has 8 heteroatoms. The molecule has 0 bridgehead atoms. The molecular formula is C28H31FN6O. The highest BCUT2D eigenvalue weighted by Crippen LogP contribution is 2.33. The number of nitrogens with one attached hydrogen (secondary N) is 1. The Balaban J connectivity index is 1.62. The van der Waals surface area contributed by atoms with E-state index in [4.69, 9.17) is 0 Å².